The molecule has 0 bridgehead atoms. The summed E-state index contributed by atoms with van der Waals surface area (Å²) in [6.07, 6.45) is 5.20. The molecule has 4 atom stereocenters. The van der Waals surface area contributed by atoms with Gasteiger partial charge in [0.1, 0.15) is 6.10 Å². The van der Waals surface area contributed by atoms with Gasteiger partial charge in [-0.1, -0.05) is 17.3 Å². The van der Waals surface area contributed by atoms with Crippen LogP contribution in [0.1, 0.15) is 20.3 Å². The maximum absolute atomic E-state index is 8.69. The van der Waals surface area contributed by atoms with Gasteiger partial charge in [0.05, 0.1) is 12.1 Å². The molecule has 0 aromatic heterocycles. The smallest absolute Gasteiger partial charge is 0.163 e. The third-order valence-corrected chi connectivity index (χ3v) is 3.90. The number of fused-ring (bicyclic) bond motifs is 3. The standard InChI is InChI=1S/C12H18N4O2/c1-12(2)17-10-8(14-15-13)7-16-6-4-3-5-9(16)11(10)18-12/h3-4,8-11H,5-7H2,1-2H3/t8-,9+,10-,11+/m1/s1. The van der Waals surface area contributed by atoms with Crippen molar-refractivity contribution in [3.05, 3.63) is 22.6 Å². The van der Waals surface area contributed by atoms with Crippen LogP contribution in [0.3, 0.4) is 0 Å². The van der Waals surface area contributed by atoms with E-state index in [0.29, 0.717) is 6.04 Å². The summed E-state index contributed by atoms with van der Waals surface area (Å²) in [7, 11) is 0. The van der Waals surface area contributed by atoms with E-state index in [4.69, 9.17) is 15.0 Å². The molecule has 3 heterocycles. The molecule has 3 aliphatic heterocycles. The first-order valence-electron chi connectivity index (χ1n) is 6.39. The van der Waals surface area contributed by atoms with Crippen molar-refractivity contribution in [2.75, 3.05) is 13.1 Å². The molecule has 98 valence electrons. The van der Waals surface area contributed by atoms with E-state index in [1.165, 1.54) is 0 Å². The van der Waals surface area contributed by atoms with Crippen LogP contribution in [0.5, 0.6) is 0 Å². The minimum atomic E-state index is -0.588. The van der Waals surface area contributed by atoms with Crippen LogP contribution in [0.25, 0.3) is 10.4 Å². The van der Waals surface area contributed by atoms with Crippen molar-refractivity contribution in [3.63, 3.8) is 0 Å². The molecular formula is C12H18N4O2. The van der Waals surface area contributed by atoms with E-state index in [0.717, 1.165) is 19.5 Å². The Morgan fingerprint density at radius 1 is 1.33 bits per heavy atom. The van der Waals surface area contributed by atoms with Crippen LogP contribution in [0.15, 0.2) is 17.3 Å². The Morgan fingerprint density at radius 2 is 2.11 bits per heavy atom. The van der Waals surface area contributed by atoms with Crippen molar-refractivity contribution in [1.29, 1.82) is 0 Å². The number of hydrogen-bond donors (Lipinski definition) is 0. The summed E-state index contributed by atoms with van der Waals surface area (Å²) >= 11 is 0. The molecule has 3 aliphatic rings. The van der Waals surface area contributed by atoms with Gasteiger partial charge in [-0.15, -0.1) is 0 Å². The fraction of sp³-hybridized carbons (Fsp3) is 0.833. The number of nitrogens with zero attached hydrogens (tertiary/aromatic N) is 4. The predicted octanol–water partition coefficient (Wildman–Crippen LogP) is 1.83. The van der Waals surface area contributed by atoms with Gasteiger partial charge in [0.15, 0.2) is 5.79 Å². The average Bonchev–Trinajstić information content (AvgIpc) is 2.66. The van der Waals surface area contributed by atoms with Crippen LogP contribution in [0.2, 0.25) is 0 Å². The summed E-state index contributed by atoms with van der Waals surface area (Å²) in [4.78, 5) is 5.27. The predicted molar refractivity (Wildman–Crippen MR) is 65.9 cm³/mol. The molecule has 2 saturated heterocycles. The number of piperidine rings is 1. The second kappa shape index (κ2) is 4.24. The Hall–Kier alpha value is -1.07. The lowest BCUT2D eigenvalue weighted by atomic mass is 9.89. The highest BCUT2D eigenvalue weighted by Crippen LogP contribution is 2.39. The molecule has 3 rings (SSSR count). The maximum atomic E-state index is 8.69. The first-order chi connectivity index (χ1) is 8.61. The maximum Gasteiger partial charge on any atom is 0.163 e. The number of ether oxygens (including phenoxy) is 2. The van der Waals surface area contributed by atoms with E-state index in [1.807, 2.05) is 13.8 Å². The molecule has 0 N–H and O–H groups in total. The van der Waals surface area contributed by atoms with Crippen molar-refractivity contribution in [2.24, 2.45) is 5.11 Å². The van der Waals surface area contributed by atoms with Crippen molar-refractivity contribution in [3.8, 4) is 0 Å². The third-order valence-electron chi connectivity index (χ3n) is 3.90. The Labute approximate surface area is 106 Å². The van der Waals surface area contributed by atoms with E-state index in [2.05, 4.69) is 27.1 Å². The minimum absolute atomic E-state index is 0.00537. The molecule has 0 aromatic rings. The largest absolute Gasteiger partial charge is 0.344 e. The van der Waals surface area contributed by atoms with Crippen LogP contribution in [0.4, 0.5) is 0 Å². The zero-order valence-corrected chi connectivity index (χ0v) is 10.7. The zero-order valence-electron chi connectivity index (χ0n) is 10.7. The molecule has 0 radical (unpaired) electrons. The summed E-state index contributed by atoms with van der Waals surface area (Å²) < 4.78 is 11.9. The molecule has 6 nitrogen and oxygen atoms in total. The lowest BCUT2D eigenvalue weighted by molar-refractivity contribution is -0.148. The van der Waals surface area contributed by atoms with Crippen LogP contribution >= 0.6 is 0 Å². The average molecular weight is 250 g/mol. The number of azide groups is 1. The SMILES string of the molecule is CC1(C)O[C@@H]2[C@H](O1)[C@H](N=[N+]=[N-])CN1CC=CC[C@@H]21. The molecule has 0 unspecified atom stereocenters. The van der Waals surface area contributed by atoms with Crippen LogP contribution in [0, 0.1) is 0 Å². The molecule has 2 fully saturated rings. The van der Waals surface area contributed by atoms with Gasteiger partial charge in [0.2, 0.25) is 0 Å². The lowest BCUT2D eigenvalue weighted by Crippen LogP contribution is -2.60. The third kappa shape index (κ3) is 1.91. The summed E-state index contributed by atoms with van der Waals surface area (Å²) in [5, 5.41) is 3.89. The zero-order chi connectivity index (χ0) is 12.8. The fourth-order valence-electron chi connectivity index (χ4n) is 3.21. The minimum Gasteiger partial charge on any atom is -0.344 e. The molecular weight excluding hydrogens is 232 g/mol. The number of rotatable bonds is 1. The van der Waals surface area contributed by atoms with Gasteiger partial charge in [0, 0.05) is 24.0 Å². The topological polar surface area (TPSA) is 70.5 Å². The number of hydrogen-bond acceptors (Lipinski definition) is 4. The summed E-state index contributed by atoms with van der Waals surface area (Å²) in [5.74, 6) is -0.588. The summed E-state index contributed by atoms with van der Waals surface area (Å²) in [5.41, 5.74) is 8.69. The lowest BCUT2D eigenvalue weighted by Gasteiger charge is -2.44. The molecule has 0 amide bonds. The summed E-state index contributed by atoms with van der Waals surface area (Å²) in [6.45, 7) is 5.48. The first-order valence-corrected chi connectivity index (χ1v) is 6.39. The summed E-state index contributed by atoms with van der Waals surface area (Å²) in [6, 6.07) is 0.177. The van der Waals surface area contributed by atoms with E-state index in [1.54, 1.807) is 0 Å². The first kappa shape index (κ1) is 12.0. The van der Waals surface area contributed by atoms with Crippen LogP contribution < -0.4 is 0 Å². The fourth-order valence-corrected chi connectivity index (χ4v) is 3.21. The van der Waals surface area contributed by atoms with Crippen molar-refractivity contribution >= 4 is 0 Å². The van der Waals surface area contributed by atoms with Crippen molar-refractivity contribution in [1.82, 2.24) is 4.90 Å². The van der Waals surface area contributed by atoms with Crippen LogP contribution in [-0.2, 0) is 9.47 Å². The molecule has 0 spiro atoms. The van der Waals surface area contributed by atoms with Crippen molar-refractivity contribution in [2.45, 2.75) is 50.3 Å². The van der Waals surface area contributed by atoms with Gasteiger partial charge in [0.25, 0.3) is 0 Å². The van der Waals surface area contributed by atoms with E-state index in [9.17, 15) is 0 Å². The van der Waals surface area contributed by atoms with Gasteiger partial charge < -0.3 is 9.47 Å². The van der Waals surface area contributed by atoms with Gasteiger partial charge >= 0.3 is 0 Å². The Bertz CT molecular complexity index is 416. The highest BCUT2D eigenvalue weighted by atomic mass is 16.8. The highest BCUT2D eigenvalue weighted by Gasteiger charge is 2.53. The molecule has 6 heteroatoms. The van der Waals surface area contributed by atoms with Gasteiger partial charge in [-0.3, -0.25) is 4.90 Å². The second-order valence-corrected chi connectivity index (χ2v) is 5.57. The van der Waals surface area contributed by atoms with E-state index < -0.39 is 5.79 Å². The normalized spacial score (nSPS) is 41.9. The Morgan fingerprint density at radius 3 is 2.89 bits per heavy atom. The van der Waals surface area contributed by atoms with Gasteiger partial charge in [-0.05, 0) is 25.8 Å². The monoisotopic (exact) mass is 250 g/mol. The second-order valence-electron chi connectivity index (χ2n) is 5.57. The Kier molecular flexibility index (Phi) is 2.83. The van der Waals surface area contributed by atoms with Gasteiger partial charge in [-0.2, -0.15) is 0 Å². The Balaban J connectivity index is 1.90. The molecule has 0 saturated carbocycles. The molecule has 0 aliphatic carbocycles. The van der Waals surface area contributed by atoms with Crippen molar-refractivity contribution < 1.29 is 9.47 Å². The van der Waals surface area contributed by atoms with E-state index >= 15 is 0 Å². The van der Waals surface area contributed by atoms with Gasteiger partial charge in [-0.25, -0.2) is 0 Å². The van der Waals surface area contributed by atoms with Crippen LogP contribution in [-0.4, -0.2) is 48.1 Å². The quantitative estimate of drug-likeness (QED) is 0.308. The molecule has 0 aromatic carbocycles. The highest BCUT2D eigenvalue weighted by molar-refractivity contribution is 5.09. The van der Waals surface area contributed by atoms with E-state index in [-0.39, 0.29) is 18.2 Å². The molecule has 18 heavy (non-hydrogen) atoms.